The van der Waals surface area contributed by atoms with Crippen molar-refractivity contribution >= 4 is 17.8 Å². The highest BCUT2D eigenvalue weighted by atomic mass is 19.4. The van der Waals surface area contributed by atoms with Gasteiger partial charge in [-0.15, -0.1) is 0 Å². The molecule has 34 heavy (non-hydrogen) atoms. The van der Waals surface area contributed by atoms with E-state index in [2.05, 4.69) is 21.0 Å². The quantitative estimate of drug-likeness (QED) is 0.390. The van der Waals surface area contributed by atoms with E-state index in [-0.39, 0.29) is 23.2 Å². The summed E-state index contributed by atoms with van der Waals surface area (Å²) in [7, 11) is 1.55. The maximum Gasteiger partial charge on any atom is 0.416 e. The van der Waals surface area contributed by atoms with E-state index in [4.69, 9.17) is 0 Å². The van der Waals surface area contributed by atoms with Crippen molar-refractivity contribution in [2.75, 3.05) is 6.54 Å². The number of rotatable bonds is 5. The summed E-state index contributed by atoms with van der Waals surface area (Å²) in [6, 6.07) is 7.92. The van der Waals surface area contributed by atoms with Gasteiger partial charge in [0.25, 0.3) is 11.8 Å². The predicted molar refractivity (Wildman–Crippen MR) is 111 cm³/mol. The smallest absolute Gasteiger partial charge is 0.349 e. The Labute approximate surface area is 189 Å². The van der Waals surface area contributed by atoms with E-state index >= 15 is 0 Å². The summed E-state index contributed by atoms with van der Waals surface area (Å²) < 4.78 is 54.0. The van der Waals surface area contributed by atoms with Crippen LogP contribution < -0.4 is 16.0 Å². The molecule has 12 heteroatoms. The number of nitrogens with zero attached hydrogens (tertiary/aromatic N) is 2. The summed E-state index contributed by atoms with van der Waals surface area (Å²) in [5.41, 5.74) is -2.03. The van der Waals surface area contributed by atoms with E-state index in [9.17, 15) is 31.9 Å². The van der Waals surface area contributed by atoms with Gasteiger partial charge < -0.3 is 10.6 Å². The summed E-state index contributed by atoms with van der Waals surface area (Å²) >= 11 is 0. The van der Waals surface area contributed by atoms with Crippen LogP contribution in [0.2, 0.25) is 0 Å². The molecule has 3 aromatic rings. The summed E-state index contributed by atoms with van der Waals surface area (Å²) in [6.07, 6.45) is -3.13. The van der Waals surface area contributed by atoms with E-state index in [0.29, 0.717) is 5.69 Å². The number of aryl methyl sites for hydroxylation is 1. The molecule has 1 saturated heterocycles. The lowest BCUT2D eigenvalue weighted by Crippen LogP contribution is -2.53. The SMILES string of the molecule is Cn1nccc1[C@]1(CNC(=O)c2ccc(F)cc2-c2ccc(C(F)(F)F)cc2)NC(=O)NC1=O. The summed E-state index contributed by atoms with van der Waals surface area (Å²) in [5, 5.41) is 11.2. The molecule has 1 aromatic heterocycles. The van der Waals surface area contributed by atoms with Crippen LogP contribution in [0.1, 0.15) is 21.6 Å². The lowest BCUT2D eigenvalue weighted by Gasteiger charge is -2.26. The second-order valence-corrected chi connectivity index (χ2v) is 7.60. The maximum atomic E-state index is 14.0. The molecule has 1 aliphatic heterocycles. The maximum absolute atomic E-state index is 14.0. The van der Waals surface area contributed by atoms with Gasteiger partial charge in [-0.1, -0.05) is 12.1 Å². The molecule has 1 fully saturated rings. The first-order chi connectivity index (χ1) is 16.0. The Morgan fingerprint density at radius 1 is 1.12 bits per heavy atom. The van der Waals surface area contributed by atoms with Crippen molar-refractivity contribution < 1.29 is 31.9 Å². The Morgan fingerprint density at radius 3 is 2.38 bits per heavy atom. The first-order valence-corrected chi connectivity index (χ1v) is 9.89. The third-order valence-corrected chi connectivity index (χ3v) is 5.46. The van der Waals surface area contributed by atoms with Gasteiger partial charge in [0.05, 0.1) is 17.8 Å². The van der Waals surface area contributed by atoms with Crippen molar-refractivity contribution in [2.45, 2.75) is 11.7 Å². The van der Waals surface area contributed by atoms with Crippen molar-refractivity contribution in [1.82, 2.24) is 25.7 Å². The highest BCUT2D eigenvalue weighted by molar-refractivity contribution is 6.08. The fourth-order valence-corrected chi connectivity index (χ4v) is 3.78. The first-order valence-electron chi connectivity index (χ1n) is 9.89. The Morgan fingerprint density at radius 2 is 1.82 bits per heavy atom. The van der Waals surface area contributed by atoms with Crippen molar-refractivity contribution in [2.24, 2.45) is 7.05 Å². The number of hydrogen-bond acceptors (Lipinski definition) is 4. The van der Waals surface area contributed by atoms with Crippen molar-refractivity contribution in [3.63, 3.8) is 0 Å². The van der Waals surface area contributed by atoms with Crippen LogP contribution in [0.5, 0.6) is 0 Å². The molecule has 3 N–H and O–H groups in total. The first kappa shape index (κ1) is 23.0. The van der Waals surface area contributed by atoms with Crippen LogP contribution in [0.15, 0.2) is 54.7 Å². The molecular formula is C22H17F4N5O3. The van der Waals surface area contributed by atoms with Gasteiger partial charge >= 0.3 is 12.2 Å². The van der Waals surface area contributed by atoms with Gasteiger partial charge in [0, 0.05) is 18.8 Å². The van der Waals surface area contributed by atoms with E-state index in [1.807, 2.05) is 0 Å². The number of alkyl halides is 3. The fraction of sp³-hybridized carbons (Fsp3) is 0.182. The second-order valence-electron chi connectivity index (χ2n) is 7.60. The van der Waals surface area contributed by atoms with Crippen LogP contribution in [0, 0.1) is 5.82 Å². The minimum absolute atomic E-state index is 0.0361. The fourth-order valence-electron chi connectivity index (χ4n) is 3.78. The number of urea groups is 1. The number of carbonyl (C=O) groups is 3. The number of imide groups is 1. The molecule has 0 spiro atoms. The normalized spacial score (nSPS) is 17.9. The number of carbonyl (C=O) groups excluding carboxylic acids is 3. The van der Waals surface area contributed by atoms with Crippen molar-refractivity contribution in [3.8, 4) is 11.1 Å². The zero-order valence-electron chi connectivity index (χ0n) is 17.5. The average molecular weight is 475 g/mol. The summed E-state index contributed by atoms with van der Waals surface area (Å²) in [4.78, 5) is 37.5. The van der Waals surface area contributed by atoms with E-state index in [0.717, 1.165) is 36.4 Å². The second kappa shape index (κ2) is 8.28. The van der Waals surface area contributed by atoms with Crippen LogP contribution in [0.25, 0.3) is 11.1 Å². The molecule has 2 aromatic carbocycles. The van der Waals surface area contributed by atoms with E-state index < -0.39 is 40.9 Å². The summed E-state index contributed by atoms with van der Waals surface area (Å²) in [6.45, 7) is -0.368. The molecule has 0 radical (unpaired) electrons. The Bertz CT molecular complexity index is 1290. The Balaban J connectivity index is 1.65. The largest absolute Gasteiger partial charge is 0.416 e. The van der Waals surface area contributed by atoms with Gasteiger partial charge in [0.2, 0.25) is 0 Å². The summed E-state index contributed by atoms with van der Waals surface area (Å²) in [5.74, 6) is -2.13. The molecule has 1 atom stereocenters. The van der Waals surface area contributed by atoms with Gasteiger partial charge in [-0.05, 0) is 47.5 Å². The standard InChI is InChI=1S/C22H17F4N5O3/c1-31-17(8-9-28-31)21(19(33)29-20(34)30-21)11-27-18(32)15-7-6-14(23)10-16(15)12-2-4-13(5-3-12)22(24,25)26/h2-10H,11H2,1H3,(H,27,32)(H2,29,30,33,34)/t21-/m0/s1. The predicted octanol–water partition coefficient (Wildman–Crippen LogP) is 2.71. The van der Waals surface area contributed by atoms with Gasteiger partial charge in [0.15, 0.2) is 5.54 Å². The lowest BCUT2D eigenvalue weighted by atomic mass is 9.94. The number of hydrogen-bond donors (Lipinski definition) is 3. The van der Waals surface area contributed by atoms with E-state index in [1.54, 1.807) is 7.05 Å². The molecule has 0 saturated carbocycles. The number of amides is 4. The third kappa shape index (κ3) is 4.09. The van der Waals surface area contributed by atoms with Gasteiger partial charge in [0.1, 0.15) is 5.82 Å². The minimum atomic E-state index is -4.55. The molecule has 4 rings (SSSR count). The molecule has 8 nitrogen and oxygen atoms in total. The number of nitrogens with one attached hydrogen (secondary N) is 3. The highest BCUT2D eigenvalue weighted by Crippen LogP contribution is 2.32. The third-order valence-electron chi connectivity index (χ3n) is 5.46. The zero-order chi connectivity index (χ0) is 24.7. The Kier molecular flexibility index (Phi) is 5.59. The number of benzene rings is 2. The van der Waals surface area contributed by atoms with Crippen LogP contribution in [0.4, 0.5) is 22.4 Å². The van der Waals surface area contributed by atoms with Crippen LogP contribution in [0.3, 0.4) is 0 Å². The molecule has 2 heterocycles. The van der Waals surface area contributed by atoms with Crippen LogP contribution in [-0.4, -0.2) is 34.2 Å². The van der Waals surface area contributed by atoms with Gasteiger partial charge in [-0.2, -0.15) is 18.3 Å². The molecule has 1 aliphatic rings. The zero-order valence-corrected chi connectivity index (χ0v) is 17.5. The Hall–Kier alpha value is -4.22. The van der Waals surface area contributed by atoms with Gasteiger partial charge in [-0.25, -0.2) is 9.18 Å². The van der Waals surface area contributed by atoms with E-state index in [1.165, 1.54) is 23.0 Å². The molecule has 0 bridgehead atoms. The topological polar surface area (TPSA) is 105 Å². The molecule has 0 unspecified atom stereocenters. The lowest BCUT2D eigenvalue weighted by molar-refractivity contribution is -0.137. The molecule has 4 amide bonds. The van der Waals surface area contributed by atoms with Crippen molar-refractivity contribution in [1.29, 1.82) is 0 Å². The molecular weight excluding hydrogens is 458 g/mol. The van der Waals surface area contributed by atoms with Crippen LogP contribution in [-0.2, 0) is 23.6 Å². The minimum Gasteiger partial charge on any atom is -0.349 e. The molecule has 176 valence electrons. The number of aromatic nitrogens is 2. The van der Waals surface area contributed by atoms with Gasteiger partial charge in [-0.3, -0.25) is 19.6 Å². The van der Waals surface area contributed by atoms with Crippen LogP contribution >= 0.6 is 0 Å². The average Bonchev–Trinajstić information content (AvgIpc) is 3.33. The van der Waals surface area contributed by atoms with Crippen molar-refractivity contribution in [3.05, 3.63) is 77.4 Å². The monoisotopic (exact) mass is 475 g/mol. The number of halogens is 4. The highest BCUT2D eigenvalue weighted by Gasteiger charge is 2.50. The molecule has 0 aliphatic carbocycles.